The molecule has 0 spiro atoms. The van der Waals surface area contributed by atoms with Crippen molar-refractivity contribution in [2.24, 2.45) is 5.73 Å². The molecule has 2 heterocycles. The van der Waals surface area contributed by atoms with Gasteiger partial charge in [-0.05, 0) is 48.0 Å². The Morgan fingerprint density at radius 2 is 1.70 bits per heavy atom. The van der Waals surface area contributed by atoms with Gasteiger partial charge in [0.05, 0.1) is 10.6 Å². The van der Waals surface area contributed by atoms with Gasteiger partial charge in [-0.15, -0.1) is 5.10 Å². The maximum atomic E-state index is 14.1. The molecule has 46 heavy (non-hydrogen) atoms. The predicted molar refractivity (Wildman–Crippen MR) is 155 cm³/mol. The van der Waals surface area contributed by atoms with Gasteiger partial charge in [0.1, 0.15) is 17.6 Å². The molecule has 0 saturated heterocycles. The van der Waals surface area contributed by atoms with Gasteiger partial charge < -0.3 is 21.1 Å². The molecule has 3 aromatic carbocycles. The lowest BCUT2D eigenvalue weighted by atomic mass is 10.0. The van der Waals surface area contributed by atoms with Crippen molar-refractivity contribution in [1.29, 1.82) is 0 Å². The molecular weight excluding hydrogens is 642 g/mol. The van der Waals surface area contributed by atoms with Gasteiger partial charge in [-0.25, -0.2) is 26.1 Å². The molecular formula is C29H22F6N6O4S. The third-order valence-electron chi connectivity index (χ3n) is 6.47. The van der Waals surface area contributed by atoms with Gasteiger partial charge in [0.2, 0.25) is 11.9 Å². The van der Waals surface area contributed by atoms with E-state index in [4.69, 9.17) is 10.5 Å². The minimum atomic E-state index is -4.67. The lowest BCUT2D eigenvalue weighted by Crippen LogP contribution is -2.29. The summed E-state index contributed by atoms with van der Waals surface area (Å²) < 4.78 is 110. The second kappa shape index (κ2) is 12.3. The predicted octanol–water partition coefficient (Wildman–Crippen LogP) is 5.54. The molecule has 0 unspecified atom stereocenters. The van der Waals surface area contributed by atoms with Crippen LogP contribution in [0.2, 0.25) is 0 Å². The van der Waals surface area contributed by atoms with Crippen molar-refractivity contribution in [1.82, 2.24) is 14.6 Å². The molecule has 0 aliphatic rings. The van der Waals surface area contributed by atoms with Crippen LogP contribution in [0.5, 0.6) is 5.75 Å². The van der Waals surface area contributed by atoms with E-state index in [1.54, 1.807) is 30.5 Å². The molecule has 2 aromatic heterocycles. The Morgan fingerprint density at radius 1 is 1.00 bits per heavy atom. The average molecular weight is 665 g/mol. The fraction of sp³-hybridized carbons (Fsp3) is 0.138. The zero-order chi connectivity index (χ0) is 33.4. The number of ether oxygens (including phenoxy) is 1. The largest absolute Gasteiger partial charge is 0.482 e. The van der Waals surface area contributed by atoms with Crippen LogP contribution in [0, 0.1) is 17.5 Å². The van der Waals surface area contributed by atoms with Crippen molar-refractivity contribution in [2.75, 3.05) is 23.5 Å². The van der Waals surface area contributed by atoms with E-state index in [1.165, 1.54) is 28.8 Å². The van der Waals surface area contributed by atoms with E-state index in [0.717, 1.165) is 12.3 Å². The Morgan fingerprint density at radius 3 is 2.37 bits per heavy atom. The number of rotatable bonds is 9. The number of nitrogens with zero attached hydrogens (tertiary/aromatic N) is 3. The lowest BCUT2D eigenvalue weighted by molar-refractivity contribution is -0.153. The summed E-state index contributed by atoms with van der Waals surface area (Å²) in [5.41, 5.74) is 7.01. The number of fused-ring (bicyclic) bond motifs is 1. The lowest BCUT2D eigenvalue weighted by Gasteiger charge is -2.14. The molecule has 1 amide bonds. The first-order valence-electron chi connectivity index (χ1n) is 13.1. The molecule has 0 radical (unpaired) electrons. The molecule has 10 nitrogen and oxygen atoms in total. The summed E-state index contributed by atoms with van der Waals surface area (Å²) in [4.78, 5) is 16.6. The molecule has 0 aliphatic heterocycles. The number of amides is 1. The summed E-state index contributed by atoms with van der Waals surface area (Å²) in [5.74, 6) is -5.29. The van der Waals surface area contributed by atoms with Crippen molar-refractivity contribution < 1.29 is 44.3 Å². The highest BCUT2D eigenvalue weighted by molar-refractivity contribution is 7.90. The van der Waals surface area contributed by atoms with E-state index < -0.39 is 57.6 Å². The summed E-state index contributed by atoms with van der Waals surface area (Å²) in [6.07, 6.45) is -2.16. The van der Waals surface area contributed by atoms with Gasteiger partial charge in [-0.2, -0.15) is 18.2 Å². The SMILES string of the molecule is CS(=O)(=O)c1ccc(Nc2nc3ccc(-c4ccc(NC(=O)[C@H](N)c5cc(F)cc(F)c5F)cc4)cn3n2)c(OCC(F)(F)F)c1. The summed E-state index contributed by atoms with van der Waals surface area (Å²) >= 11 is 0. The van der Waals surface area contributed by atoms with Crippen molar-refractivity contribution in [3.05, 3.63) is 95.9 Å². The van der Waals surface area contributed by atoms with Crippen LogP contribution in [-0.2, 0) is 14.6 Å². The van der Waals surface area contributed by atoms with Gasteiger partial charge in [-0.1, -0.05) is 12.1 Å². The highest BCUT2D eigenvalue weighted by Crippen LogP contribution is 2.32. The first kappa shape index (κ1) is 32.2. The number of hydrogen-bond acceptors (Lipinski definition) is 8. The number of nitrogens with one attached hydrogen (secondary N) is 2. The van der Waals surface area contributed by atoms with Gasteiger partial charge in [0, 0.05) is 41.4 Å². The monoisotopic (exact) mass is 664 g/mol. The first-order chi connectivity index (χ1) is 21.6. The number of carbonyl (C=O) groups excluding carboxylic acids is 1. The second-order valence-electron chi connectivity index (χ2n) is 9.95. The zero-order valence-corrected chi connectivity index (χ0v) is 24.3. The molecule has 1 atom stereocenters. The Balaban J connectivity index is 1.32. The number of aromatic nitrogens is 3. The molecule has 240 valence electrons. The molecule has 0 fully saturated rings. The topological polar surface area (TPSA) is 141 Å². The van der Waals surface area contributed by atoms with E-state index in [0.29, 0.717) is 28.9 Å². The summed E-state index contributed by atoms with van der Waals surface area (Å²) in [6, 6.07) is 12.3. The number of hydrogen-bond donors (Lipinski definition) is 3. The number of halogens is 6. The fourth-order valence-corrected chi connectivity index (χ4v) is 4.89. The Kier molecular flexibility index (Phi) is 8.64. The van der Waals surface area contributed by atoms with E-state index >= 15 is 0 Å². The minimum absolute atomic E-state index is 0.00425. The number of carbonyl (C=O) groups is 1. The number of pyridine rings is 1. The van der Waals surface area contributed by atoms with Crippen molar-refractivity contribution >= 4 is 38.7 Å². The van der Waals surface area contributed by atoms with Crippen LogP contribution in [-0.4, -0.2) is 48.0 Å². The average Bonchev–Trinajstić information content (AvgIpc) is 3.39. The Bertz CT molecular complexity index is 2050. The standard InChI is InChI=1S/C29H22F6N6O4S/c1-46(43,44)19-7-8-22(23(12-19)45-14-29(33,34)35)38-28-39-24-9-4-16(13-41(24)40-28)15-2-5-18(6-3-15)37-27(42)26(36)20-10-17(30)11-21(31)25(20)32/h2-13,26H,14,36H2,1H3,(H,37,42)(H,38,40)/t26-/m1/s1. The zero-order valence-electron chi connectivity index (χ0n) is 23.4. The minimum Gasteiger partial charge on any atom is -0.482 e. The highest BCUT2D eigenvalue weighted by Gasteiger charge is 2.29. The number of nitrogens with two attached hydrogens (primary N) is 1. The third-order valence-corrected chi connectivity index (χ3v) is 7.58. The van der Waals surface area contributed by atoms with Crippen LogP contribution < -0.4 is 21.1 Å². The van der Waals surface area contributed by atoms with E-state index in [2.05, 4.69) is 20.7 Å². The smallest absolute Gasteiger partial charge is 0.422 e. The molecule has 17 heteroatoms. The Labute approximate surface area is 256 Å². The molecule has 4 N–H and O–H groups in total. The maximum absolute atomic E-state index is 14.1. The summed E-state index contributed by atoms with van der Waals surface area (Å²) in [6.45, 7) is -1.66. The van der Waals surface area contributed by atoms with Gasteiger partial charge in [-0.3, -0.25) is 4.79 Å². The van der Waals surface area contributed by atoms with E-state index in [9.17, 15) is 39.6 Å². The molecule has 5 rings (SSSR count). The van der Waals surface area contributed by atoms with Gasteiger partial charge in [0.15, 0.2) is 33.7 Å². The van der Waals surface area contributed by atoms with E-state index in [1.807, 2.05) is 0 Å². The second-order valence-corrected chi connectivity index (χ2v) is 12.0. The molecule has 0 saturated carbocycles. The van der Waals surface area contributed by atoms with Crippen molar-refractivity contribution in [3.63, 3.8) is 0 Å². The fourth-order valence-electron chi connectivity index (χ4n) is 4.25. The van der Waals surface area contributed by atoms with Crippen LogP contribution >= 0.6 is 0 Å². The number of anilines is 3. The first-order valence-corrected chi connectivity index (χ1v) is 14.9. The van der Waals surface area contributed by atoms with Crippen LogP contribution in [0.3, 0.4) is 0 Å². The van der Waals surface area contributed by atoms with Gasteiger partial charge in [0.25, 0.3) is 0 Å². The number of benzene rings is 3. The van der Waals surface area contributed by atoms with Crippen LogP contribution in [0.15, 0.2) is 77.8 Å². The quantitative estimate of drug-likeness (QED) is 0.138. The summed E-state index contributed by atoms with van der Waals surface area (Å²) in [5, 5.41) is 9.49. The number of sulfone groups is 1. The normalized spacial score (nSPS) is 12.6. The van der Waals surface area contributed by atoms with Gasteiger partial charge >= 0.3 is 6.18 Å². The van der Waals surface area contributed by atoms with Crippen molar-refractivity contribution in [2.45, 2.75) is 17.1 Å². The third kappa shape index (κ3) is 7.37. The molecule has 0 aliphatic carbocycles. The molecule has 5 aromatic rings. The number of alkyl halides is 3. The van der Waals surface area contributed by atoms with Crippen molar-refractivity contribution in [3.8, 4) is 16.9 Å². The summed E-state index contributed by atoms with van der Waals surface area (Å²) in [7, 11) is -3.74. The maximum Gasteiger partial charge on any atom is 0.422 e. The Hall–Kier alpha value is -5.16. The van der Waals surface area contributed by atoms with Crippen LogP contribution in [0.25, 0.3) is 16.8 Å². The molecule has 0 bridgehead atoms. The van der Waals surface area contributed by atoms with E-state index in [-0.39, 0.29) is 28.0 Å². The highest BCUT2D eigenvalue weighted by atomic mass is 32.2. The van der Waals surface area contributed by atoms with Crippen LogP contribution in [0.1, 0.15) is 11.6 Å². The van der Waals surface area contributed by atoms with Crippen LogP contribution in [0.4, 0.5) is 43.7 Å².